The van der Waals surface area contributed by atoms with Gasteiger partial charge in [-0.3, -0.25) is 0 Å². The van der Waals surface area contributed by atoms with E-state index in [0.717, 1.165) is 24.5 Å². The van der Waals surface area contributed by atoms with E-state index in [1.807, 2.05) is 7.05 Å². The largest absolute Gasteiger partial charge is 0.313 e. The fourth-order valence-corrected chi connectivity index (χ4v) is 2.90. The summed E-state index contributed by atoms with van der Waals surface area (Å²) in [5, 5.41) is 3.21. The highest BCUT2D eigenvalue weighted by atomic mass is 19.1. The molecule has 94 valence electrons. The minimum Gasteiger partial charge on any atom is -0.313 e. The predicted molar refractivity (Wildman–Crippen MR) is 64.7 cm³/mol. The zero-order valence-corrected chi connectivity index (χ0v) is 10.2. The zero-order chi connectivity index (χ0) is 12.3. The number of rotatable bonds is 3. The third kappa shape index (κ3) is 3.03. The molecule has 1 aliphatic carbocycles. The lowest BCUT2D eigenvalue weighted by molar-refractivity contribution is 0.280. The molecule has 1 unspecified atom stereocenters. The van der Waals surface area contributed by atoms with Crippen molar-refractivity contribution >= 4 is 0 Å². The predicted octanol–water partition coefficient (Wildman–Crippen LogP) is 3.81. The Morgan fingerprint density at radius 3 is 2.18 bits per heavy atom. The van der Waals surface area contributed by atoms with Gasteiger partial charge in [0.05, 0.1) is 0 Å². The van der Waals surface area contributed by atoms with E-state index in [1.54, 1.807) is 0 Å². The topological polar surface area (TPSA) is 12.0 Å². The van der Waals surface area contributed by atoms with Gasteiger partial charge in [0.1, 0.15) is 11.6 Å². The Kier molecular flexibility index (Phi) is 4.11. The molecule has 2 rings (SSSR count). The highest BCUT2D eigenvalue weighted by Crippen LogP contribution is 2.34. The molecule has 0 aliphatic heterocycles. The van der Waals surface area contributed by atoms with Gasteiger partial charge in [-0.2, -0.15) is 0 Å². The van der Waals surface area contributed by atoms with Crippen molar-refractivity contribution in [3.8, 4) is 0 Å². The van der Waals surface area contributed by atoms with Crippen molar-refractivity contribution in [3.05, 3.63) is 35.4 Å². The van der Waals surface area contributed by atoms with Gasteiger partial charge in [0.15, 0.2) is 0 Å². The van der Waals surface area contributed by atoms with Crippen LogP contribution in [0.1, 0.15) is 43.7 Å². The van der Waals surface area contributed by atoms with Crippen LogP contribution in [0.15, 0.2) is 18.2 Å². The van der Waals surface area contributed by atoms with E-state index in [9.17, 15) is 8.78 Å². The van der Waals surface area contributed by atoms with Crippen LogP contribution in [0.5, 0.6) is 0 Å². The van der Waals surface area contributed by atoms with Gasteiger partial charge >= 0.3 is 0 Å². The van der Waals surface area contributed by atoms with Gasteiger partial charge in [0, 0.05) is 12.1 Å². The molecule has 17 heavy (non-hydrogen) atoms. The van der Waals surface area contributed by atoms with E-state index in [1.165, 1.54) is 31.4 Å². The van der Waals surface area contributed by atoms with Crippen molar-refractivity contribution in [1.29, 1.82) is 0 Å². The molecule has 3 heteroatoms. The molecule has 1 N–H and O–H groups in total. The molecule has 0 radical (unpaired) electrons. The summed E-state index contributed by atoms with van der Waals surface area (Å²) < 4.78 is 26.4. The first-order valence-electron chi connectivity index (χ1n) is 6.34. The van der Waals surface area contributed by atoms with E-state index >= 15 is 0 Å². The Bertz CT molecular complexity index is 352. The first kappa shape index (κ1) is 12.5. The Labute approximate surface area is 101 Å². The Morgan fingerprint density at radius 1 is 1.06 bits per heavy atom. The Hall–Kier alpha value is -0.960. The molecule has 1 aromatic rings. The van der Waals surface area contributed by atoms with Gasteiger partial charge in [-0.1, -0.05) is 19.3 Å². The Morgan fingerprint density at radius 2 is 1.65 bits per heavy atom. The van der Waals surface area contributed by atoms with Crippen molar-refractivity contribution < 1.29 is 8.78 Å². The van der Waals surface area contributed by atoms with Gasteiger partial charge in [-0.05, 0) is 43.5 Å². The fourth-order valence-electron chi connectivity index (χ4n) is 2.90. The molecule has 0 spiro atoms. The molecule has 1 fully saturated rings. The second kappa shape index (κ2) is 5.58. The monoisotopic (exact) mass is 239 g/mol. The number of nitrogens with one attached hydrogen (secondary N) is 1. The molecular formula is C14H19F2N. The van der Waals surface area contributed by atoms with Crippen molar-refractivity contribution in [1.82, 2.24) is 5.32 Å². The normalized spacial score (nSPS) is 19.2. The molecule has 0 bridgehead atoms. The van der Waals surface area contributed by atoms with Crippen LogP contribution in [-0.2, 0) is 0 Å². The number of hydrogen-bond donors (Lipinski definition) is 1. The van der Waals surface area contributed by atoms with Crippen molar-refractivity contribution in [3.63, 3.8) is 0 Å². The highest BCUT2D eigenvalue weighted by Gasteiger charge is 2.24. The summed E-state index contributed by atoms with van der Waals surface area (Å²) in [5.41, 5.74) is 0.733. The van der Waals surface area contributed by atoms with E-state index in [4.69, 9.17) is 0 Å². The lowest BCUT2D eigenvalue weighted by Gasteiger charge is -2.30. The van der Waals surface area contributed by atoms with Gasteiger partial charge < -0.3 is 5.32 Å². The SMILES string of the molecule is CNC(c1cc(F)cc(F)c1)C1CCCCC1. The number of hydrogen-bond acceptors (Lipinski definition) is 1. The molecule has 1 atom stereocenters. The Balaban J connectivity index is 2.21. The van der Waals surface area contributed by atoms with Crippen LogP contribution in [0.4, 0.5) is 8.78 Å². The van der Waals surface area contributed by atoms with Gasteiger partial charge in [0.2, 0.25) is 0 Å². The molecule has 0 heterocycles. The molecule has 1 nitrogen and oxygen atoms in total. The van der Waals surface area contributed by atoms with Crippen LogP contribution in [0.3, 0.4) is 0 Å². The molecule has 0 aromatic heterocycles. The third-order valence-electron chi connectivity index (χ3n) is 3.68. The van der Waals surface area contributed by atoms with E-state index in [-0.39, 0.29) is 6.04 Å². The second-order valence-electron chi connectivity index (χ2n) is 4.87. The van der Waals surface area contributed by atoms with Crippen molar-refractivity contribution in [2.45, 2.75) is 38.1 Å². The summed E-state index contributed by atoms with van der Waals surface area (Å²) in [5.74, 6) is -0.484. The molecule has 0 amide bonds. The van der Waals surface area contributed by atoms with Gasteiger partial charge in [0.25, 0.3) is 0 Å². The average molecular weight is 239 g/mol. The molecule has 0 saturated heterocycles. The summed E-state index contributed by atoms with van der Waals surface area (Å²) in [4.78, 5) is 0. The smallest absolute Gasteiger partial charge is 0.126 e. The maximum Gasteiger partial charge on any atom is 0.126 e. The van der Waals surface area contributed by atoms with Crippen LogP contribution in [0.2, 0.25) is 0 Å². The quantitative estimate of drug-likeness (QED) is 0.845. The van der Waals surface area contributed by atoms with Crippen molar-refractivity contribution in [2.75, 3.05) is 7.05 Å². The van der Waals surface area contributed by atoms with Crippen LogP contribution in [-0.4, -0.2) is 7.05 Å². The zero-order valence-electron chi connectivity index (χ0n) is 10.2. The highest BCUT2D eigenvalue weighted by molar-refractivity contribution is 5.22. The minimum absolute atomic E-state index is 0.0699. The maximum absolute atomic E-state index is 13.2. The summed E-state index contributed by atoms with van der Waals surface area (Å²) >= 11 is 0. The number of halogens is 2. The van der Waals surface area contributed by atoms with Crippen LogP contribution in [0, 0.1) is 17.6 Å². The number of benzene rings is 1. The summed E-state index contributed by atoms with van der Waals surface area (Å²) in [7, 11) is 1.86. The van der Waals surface area contributed by atoms with Crippen LogP contribution >= 0.6 is 0 Å². The summed E-state index contributed by atoms with van der Waals surface area (Å²) in [6, 6.07) is 3.88. The summed E-state index contributed by atoms with van der Waals surface area (Å²) in [6.07, 6.45) is 6.01. The fraction of sp³-hybridized carbons (Fsp3) is 0.571. The first-order chi connectivity index (χ1) is 8.20. The average Bonchev–Trinajstić information content (AvgIpc) is 2.30. The van der Waals surface area contributed by atoms with Gasteiger partial charge in [-0.25, -0.2) is 8.78 Å². The minimum atomic E-state index is -0.490. The van der Waals surface area contributed by atoms with Gasteiger partial charge in [-0.15, -0.1) is 0 Å². The molecule has 1 aromatic carbocycles. The molecular weight excluding hydrogens is 220 g/mol. The van der Waals surface area contributed by atoms with E-state index in [0.29, 0.717) is 5.92 Å². The second-order valence-corrected chi connectivity index (χ2v) is 4.87. The molecule has 1 saturated carbocycles. The van der Waals surface area contributed by atoms with Crippen LogP contribution in [0.25, 0.3) is 0 Å². The lowest BCUT2D eigenvalue weighted by atomic mass is 9.81. The molecule has 1 aliphatic rings. The summed E-state index contributed by atoms with van der Waals surface area (Å²) in [6.45, 7) is 0. The third-order valence-corrected chi connectivity index (χ3v) is 3.68. The standard InChI is InChI=1S/C14H19F2N/c1-17-14(10-5-3-2-4-6-10)11-7-12(15)9-13(16)8-11/h7-10,14,17H,2-6H2,1H3. The van der Waals surface area contributed by atoms with E-state index in [2.05, 4.69) is 5.32 Å². The van der Waals surface area contributed by atoms with Crippen molar-refractivity contribution in [2.24, 2.45) is 5.92 Å². The van der Waals surface area contributed by atoms with Crippen LogP contribution < -0.4 is 5.32 Å². The van der Waals surface area contributed by atoms with E-state index < -0.39 is 11.6 Å². The lowest BCUT2D eigenvalue weighted by Crippen LogP contribution is -2.27. The first-order valence-corrected chi connectivity index (χ1v) is 6.34. The maximum atomic E-state index is 13.2.